The maximum atomic E-state index is 12.0. The zero-order chi connectivity index (χ0) is 15.6. The van der Waals surface area contributed by atoms with Crippen molar-refractivity contribution >= 4 is 12.0 Å². The van der Waals surface area contributed by atoms with Gasteiger partial charge in [0, 0.05) is 26.1 Å². The molecule has 2 amide bonds. The molecule has 0 aromatic rings. The molecule has 2 N–H and O–H groups in total. The summed E-state index contributed by atoms with van der Waals surface area (Å²) >= 11 is 0. The van der Waals surface area contributed by atoms with Gasteiger partial charge in [-0.2, -0.15) is 0 Å². The predicted molar refractivity (Wildman–Crippen MR) is 80.8 cm³/mol. The van der Waals surface area contributed by atoms with E-state index in [9.17, 15) is 9.59 Å². The number of urea groups is 1. The fourth-order valence-corrected chi connectivity index (χ4v) is 2.04. The SMILES string of the molecule is CCCN(CCC)C(=O)NCCC(C)(C)CCC(=O)O. The summed E-state index contributed by atoms with van der Waals surface area (Å²) in [6.45, 7) is 10.4. The van der Waals surface area contributed by atoms with Crippen molar-refractivity contribution in [2.24, 2.45) is 5.41 Å². The molecule has 118 valence electrons. The van der Waals surface area contributed by atoms with Crippen molar-refractivity contribution in [1.29, 1.82) is 0 Å². The monoisotopic (exact) mass is 286 g/mol. The van der Waals surface area contributed by atoms with Crippen molar-refractivity contribution in [2.75, 3.05) is 19.6 Å². The Bertz CT molecular complexity index is 297. The predicted octanol–water partition coefficient (Wildman–Crippen LogP) is 3.10. The van der Waals surface area contributed by atoms with E-state index in [1.807, 2.05) is 18.7 Å². The summed E-state index contributed by atoms with van der Waals surface area (Å²) in [6.07, 6.45) is 3.51. The minimum Gasteiger partial charge on any atom is -0.481 e. The van der Waals surface area contributed by atoms with Gasteiger partial charge in [-0.25, -0.2) is 4.79 Å². The van der Waals surface area contributed by atoms with Gasteiger partial charge in [0.05, 0.1) is 0 Å². The lowest BCUT2D eigenvalue weighted by Crippen LogP contribution is -2.41. The molecule has 0 rings (SSSR count). The second kappa shape index (κ2) is 9.61. The van der Waals surface area contributed by atoms with Crippen LogP contribution in [-0.2, 0) is 4.79 Å². The number of carbonyl (C=O) groups excluding carboxylic acids is 1. The molecule has 0 saturated heterocycles. The smallest absolute Gasteiger partial charge is 0.317 e. The van der Waals surface area contributed by atoms with Gasteiger partial charge >= 0.3 is 12.0 Å². The van der Waals surface area contributed by atoms with Gasteiger partial charge in [0.1, 0.15) is 0 Å². The molecule has 5 heteroatoms. The number of carboxylic acid groups (broad SMARTS) is 1. The van der Waals surface area contributed by atoms with E-state index in [2.05, 4.69) is 19.2 Å². The van der Waals surface area contributed by atoms with E-state index in [1.165, 1.54) is 0 Å². The Labute approximate surface area is 122 Å². The van der Waals surface area contributed by atoms with Crippen LogP contribution >= 0.6 is 0 Å². The van der Waals surface area contributed by atoms with Crippen LogP contribution in [0.15, 0.2) is 0 Å². The molecule has 0 bridgehead atoms. The topological polar surface area (TPSA) is 69.6 Å². The second-order valence-electron chi connectivity index (χ2n) is 6.03. The number of nitrogens with zero attached hydrogens (tertiary/aromatic N) is 1. The van der Waals surface area contributed by atoms with Crippen LogP contribution in [-0.4, -0.2) is 41.6 Å². The molecule has 0 aromatic carbocycles. The third-order valence-corrected chi connectivity index (χ3v) is 3.37. The van der Waals surface area contributed by atoms with E-state index in [1.54, 1.807) is 0 Å². The highest BCUT2D eigenvalue weighted by Gasteiger charge is 2.20. The summed E-state index contributed by atoms with van der Waals surface area (Å²) in [6, 6.07) is -0.0114. The van der Waals surface area contributed by atoms with E-state index in [4.69, 9.17) is 5.11 Å². The largest absolute Gasteiger partial charge is 0.481 e. The molecule has 0 atom stereocenters. The fourth-order valence-electron chi connectivity index (χ4n) is 2.04. The highest BCUT2D eigenvalue weighted by Crippen LogP contribution is 2.25. The van der Waals surface area contributed by atoms with Crippen LogP contribution in [0.3, 0.4) is 0 Å². The van der Waals surface area contributed by atoms with Crippen molar-refractivity contribution in [3.05, 3.63) is 0 Å². The second-order valence-corrected chi connectivity index (χ2v) is 6.03. The zero-order valence-electron chi connectivity index (χ0n) is 13.4. The third-order valence-electron chi connectivity index (χ3n) is 3.37. The molecule has 0 spiro atoms. The fraction of sp³-hybridized carbons (Fsp3) is 0.867. The number of rotatable bonds is 10. The Morgan fingerprint density at radius 1 is 1.10 bits per heavy atom. The molecule has 0 aliphatic carbocycles. The molecule has 0 fully saturated rings. The number of hydrogen-bond acceptors (Lipinski definition) is 2. The molecular weight excluding hydrogens is 256 g/mol. The molecule has 0 heterocycles. The Hall–Kier alpha value is -1.26. The Balaban J connectivity index is 4.07. The van der Waals surface area contributed by atoms with Crippen molar-refractivity contribution in [3.63, 3.8) is 0 Å². The standard InChI is InChI=1S/C15H30N2O3/c1-5-11-17(12-6-2)14(20)16-10-9-15(3,4)8-7-13(18)19/h5-12H2,1-4H3,(H,16,20)(H,18,19). The zero-order valence-corrected chi connectivity index (χ0v) is 13.4. The summed E-state index contributed by atoms with van der Waals surface area (Å²) in [5.41, 5.74) is -0.0635. The molecule has 5 nitrogen and oxygen atoms in total. The summed E-state index contributed by atoms with van der Waals surface area (Å²) in [5.74, 6) is -0.765. The normalized spacial score (nSPS) is 11.2. The molecule has 0 aromatic heterocycles. The lowest BCUT2D eigenvalue weighted by Gasteiger charge is -2.26. The number of amides is 2. The van der Waals surface area contributed by atoms with Gasteiger partial charge < -0.3 is 15.3 Å². The van der Waals surface area contributed by atoms with Crippen LogP contribution in [0.5, 0.6) is 0 Å². The number of hydrogen-bond donors (Lipinski definition) is 2. The van der Waals surface area contributed by atoms with E-state index >= 15 is 0 Å². The van der Waals surface area contributed by atoms with E-state index in [-0.39, 0.29) is 17.9 Å². The van der Waals surface area contributed by atoms with Crippen LogP contribution in [0.4, 0.5) is 4.79 Å². The minimum absolute atomic E-state index is 0.0114. The number of carboxylic acids is 1. The lowest BCUT2D eigenvalue weighted by atomic mass is 9.84. The maximum absolute atomic E-state index is 12.0. The van der Waals surface area contributed by atoms with Crippen molar-refractivity contribution in [3.8, 4) is 0 Å². The number of nitrogens with one attached hydrogen (secondary N) is 1. The van der Waals surface area contributed by atoms with Crippen molar-refractivity contribution in [2.45, 2.75) is 59.8 Å². The summed E-state index contributed by atoms with van der Waals surface area (Å²) in [5, 5.41) is 11.6. The first-order valence-corrected chi connectivity index (χ1v) is 7.57. The lowest BCUT2D eigenvalue weighted by molar-refractivity contribution is -0.137. The number of carbonyl (C=O) groups is 2. The molecule has 0 saturated carbocycles. The van der Waals surface area contributed by atoms with Crippen LogP contribution in [0.25, 0.3) is 0 Å². The van der Waals surface area contributed by atoms with E-state index < -0.39 is 5.97 Å². The molecule has 0 radical (unpaired) electrons. The van der Waals surface area contributed by atoms with Crippen LogP contribution in [0.2, 0.25) is 0 Å². The molecular formula is C15H30N2O3. The maximum Gasteiger partial charge on any atom is 0.317 e. The quantitative estimate of drug-likeness (QED) is 0.648. The van der Waals surface area contributed by atoms with Gasteiger partial charge in [-0.3, -0.25) is 4.79 Å². The van der Waals surface area contributed by atoms with Gasteiger partial charge in [-0.1, -0.05) is 27.7 Å². The highest BCUT2D eigenvalue weighted by atomic mass is 16.4. The Morgan fingerprint density at radius 2 is 1.65 bits per heavy atom. The first kappa shape index (κ1) is 18.7. The molecule has 0 unspecified atom stereocenters. The van der Waals surface area contributed by atoms with Gasteiger partial charge in [-0.15, -0.1) is 0 Å². The average molecular weight is 286 g/mol. The molecule has 20 heavy (non-hydrogen) atoms. The van der Waals surface area contributed by atoms with Crippen LogP contribution < -0.4 is 5.32 Å². The number of aliphatic carboxylic acids is 1. The molecule has 0 aliphatic rings. The van der Waals surface area contributed by atoms with E-state index in [0.717, 1.165) is 32.4 Å². The average Bonchev–Trinajstić information content (AvgIpc) is 2.36. The van der Waals surface area contributed by atoms with Gasteiger partial charge in [0.15, 0.2) is 0 Å². The minimum atomic E-state index is -0.765. The van der Waals surface area contributed by atoms with Gasteiger partial charge in [0.25, 0.3) is 0 Å². The van der Waals surface area contributed by atoms with E-state index in [0.29, 0.717) is 13.0 Å². The Morgan fingerprint density at radius 3 is 2.10 bits per heavy atom. The van der Waals surface area contributed by atoms with Crippen LogP contribution in [0.1, 0.15) is 59.8 Å². The Kier molecular flexibility index (Phi) is 9.01. The first-order chi connectivity index (χ1) is 9.32. The highest BCUT2D eigenvalue weighted by molar-refractivity contribution is 5.74. The van der Waals surface area contributed by atoms with Crippen molar-refractivity contribution < 1.29 is 14.7 Å². The summed E-state index contributed by atoms with van der Waals surface area (Å²) < 4.78 is 0. The summed E-state index contributed by atoms with van der Waals surface area (Å²) in [7, 11) is 0. The first-order valence-electron chi connectivity index (χ1n) is 7.57. The van der Waals surface area contributed by atoms with Crippen molar-refractivity contribution in [1.82, 2.24) is 10.2 Å². The third kappa shape index (κ3) is 8.77. The summed E-state index contributed by atoms with van der Waals surface area (Å²) in [4.78, 5) is 24.4. The molecule has 0 aliphatic heterocycles. The van der Waals surface area contributed by atoms with Gasteiger partial charge in [-0.05, 0) is 31.1 Å². The van der Waals surface area contributed by atoms with Gasteiger partial charge in [0.2, 0.25) is 0 Å². The van der Waals surface area contributed by atoms with Crippen LogP contribution in [0, 0.1) is 5.41 Å².